The number of hydrogen-bond donors (Lipinski definition) is 1. The molecule has 0 heterocycles. The minimum absolute atomic E-state index is 0.273. The second-order valence-electron chi connectivity index (χ2n) is 5.80. The molecule has 1 atom stereocenters. The molecule has 0 spiro atoms. The van der Waals surface area contributed by atoms with Gasteiger partial charge in [0.05, 0.1) is 7.11 Å². The van der Waals surface area contributed by atoms with E-state index < -0.39 is 0 Å². The molecule has 0 aliphatic heterocycles. The lowest BCUT2D eigenvalue weighted by molar-refractivity contribution is 0.401. The highest BCUT2D eigenvalue weighted by Gasteiger charge is 2.12. The van der Waals surface area contributed by atoms with E-state index in [1.165, 1.54) is 36.0 Å². The van der Waals surface area contributed by atoms with Crippen LogP contribution < -0.4 is 10.1 Å². The number of aryl methyl sites for hydroxylation is 2. The number of ether oxygens (including phenoxy) is 1. The van der Waals surface area contributed by atoms with Gasteiger partial charge in [0.25, 0.3) is 0 Å². The Labute approximate surface area is 127 Å². The summed E-state index contributed by atoms with van der Waals surface area (Å²) in [4.78, 5) is 0. The molecule has 2 heteroatoms. The Morgan fingerprint density at radius 2 is 1.90 bits per heavy atom. The fraction of sp³-hybridized carbons (Fsp3) is 0.368. The van der Waals surface area contributed by atoms with Crippen molar-refractivity contribution in [2.24, 2.45) is 0 Å². The average Bonchev–Trinajstić information content (AvgIpc) is 3.00. The zero-order valence-corrected chi connectivity index (χ0v) is 12.9. The van der Waals surface area contributed by atoms with Gasteiger partial charge < -0.3 is 10.1 Å². The molecule has 0 radical (unpaired) electrons. The van der Waals surface area contributed by atoms with Crippen molar-refractivity contribution >= 4 is 0 Å². The average molecular weight is 281 g/mol. The van der Waals surface area contributed by atoms with Crippen LogP contribution in [0, 0.1) is 0 Å². The first-order valence-electron chi connectivity index (χ1n) is 7.75. The predicted octanol–water partition coefficient (Wildman–Crippen LogP) is 4.03. The van der Waals surface area contributed by atoms with Crippen molar-refractivity contribution in [3.8, 4) is 5.75 Å². The Balaban J connectivity index is 1.67. The lowest BCUT2D eigenvalue weighted by Gasteiger charge is -2.17. The number of para-hydroxylation sites is 1. The maximum atomic E-state index is 5.44. The van der Waals surface area contributed by atoms with Gasteiger partial charge in [0.15, 0.2) is 0 Å². The van der Waals surface area contributed by atoms with Gasteiger partial charge in [-0.25, -0.2) is 0 Å². The van der Waals surface area contributed by atoms with Crippen molar-refractivity contribution in [3.63, 3.8) is 0 Å². The van der Waals surface area contributed by atoms with Gasteiger partial charge >= 0.3 is 0 Å². The SMILES string of the molecule is COc1ccccc1[C@H](C)NCc1ccc2c(c1)CCC2. The van der Waals surface area contributed by atoms with Gasteiger partial charge in [0, 0.05) is 18.2 Å². The third-order valence-corrected chi connectivity index (χ3v) is 4.38. The summed E-state index contributed by atoms with van der Waals surface area (Å²) in [6.07, 6.45) is 3.80. The Morgan fingerprint density at radius 1 is 1.10 bits per heavy atom. The van der Waals surface area contributed by atoms with Crippen LogP contribution in [0.5, 0.6) is 5.75 Å². The molecule has 2 nitrogen and oxygen atoms in total. The van der Waals surface area contributed by atoms with Crippen molar-refractivity contribution in [1.82, 2.24) is 5.32 Å². The van der Waals surface area contributed by atoms with Crippen molar-refractivity contribution in [1.29, 1.82) is 0 Å². The second-order valence-corrected chi connectivity index (χ2v) is 5.80. The van der Waals surface area contributed by atoms with E-state index in [9.17, 15) is 0 Å². The van der Waals surface area contributed by atoms with E-state index >= 15 is 0 Å². The molecule has 2 aromatic carbocycles. The molecule has 110 valence electrons. The first-order valence-corrected chi connectivity index (χ1v) is 7.75. The molecule has 0 fully saturated rings. The molecule has 21 heavy (non-hydrogen) atoms. The van der Waals surface area contributed by atoms with Crippen molar-refractivity contribution in [3.05, 3.63) is 64.7 Å². The number of fused-ring (bicyclic) bond motifs is 1. The summed E-state index contributed by atoms with van der Waals surface area (Å²) in [5, 5.41) is 3.60. The molecule has 2 aromatic rings. The summed E-state index contributed by atoms with van der Waals surface area (Å²) in [7, 11) is 1.73. The second kappa shape index (κ2) is 6.31. The van der Waals surface area contributed by atoms with E-state index in [1.807, 2.05) is 12.1 Å². The number of methoxy groups -OCH3 is 1. The van der Waals surface area contributed by atoms with Crippen LogP contribution in [0.1, 0.15) is 41.6 Å². The maximum Gasteiger partial charge on any atom is 0.123 e. The van der Waals surface area contributed by atoms with E-state index in [0.29, 0.717) is 0 Å². The third-order valence-electron chi connectivity index (χ3n) is 4.38. The summed E-state index contributed by atoms with van der Waals surface area (Å²) in [5.74, 6) is 0.950. The van der Waals surface area contributed by atoms with E-state index in [1.54, 1.807) is 12.7 Å². The number of nitrogens with one attached hydrogen (secondary N) is 1. The first-order chi connectivity index (χ1) is 10.3. The third kappa shape index (κ3) is 3.11. The Bertz CT molecular complexity index is 621. The highest BCUT2D eigenvalue weighted by Crippen LogP contribution is 2.26. The van der Waals surface area contributed by atoms with Crippen LogP contribution in [0.25, 0.3) is 0 Å². The van der Waals surface area contributed by atoms with Gasteiger partial charge in [-0.05, 0) is 48.9 Å². The van der Waals surface area contributed by atoms with Crippen LogP contribution in [-0.4, -0.2) is 7.11 Å². The zero-order chi connectivity index (χ0) is 14.7. The molecule has 0 aromatic heterocycles. The molecule has 3 rings (SSSR count). The Hall–Kier alpha value is -1.80. The lowest BCUT2D eigenvalue weighted by Crippen LogP contribution is -2.18. The van der Waals surface area contributed by atoms with E-state index in [2.05, 4.69) is 42.6 Å². The molecule has 0 saturated heterocycles. The predicted molar refractivity (Wildman–Crippen MR) is 86.7 cm³/mol. The maximum absolute atomic E-state index is 5.44. The monoisotopic (exact) mass is 281 g/mol. The summed E-state index contributed by atoms with van der Waals surface area (Å²) in [6, 6.07) is 15.4. The Morgan fingerprint density at radius 3 is 2.76 bits per heavy atom. The number of rotatable bonds is 5. The quantitative estimate of drug-likeness (QED) is 0.893. The highest BCUT2D eigenvalue weighted by molar-refractivity contribution is 5.37. The minimum atomic E-state index is 0.273. The van der Waals surface area contributed by atoms with Crippen molar-refractivity contribution in [2.75, 3.05) is 7.11 Å². The van der Waals surface area contributed by atoms with Gasteiger partial charge in [0.2, 0.25) is 0 Å². The van der Waals surface area contributed by atoms with Crippen LogP contribution in [0.3, 0.4) is 0 Å². The van der Waals surface area contributed by atoms with Crippen LogP contribution in [0.15, 0.2) is 42.5 Å². The van der Waals surface area contributed by atoms with Gasteiger partial charge in [-0.2, -0.15) is 0 Å². The fourth-order valence-corrected chi connectivity index (χ4v) is 3.14. The molecule has 0 amide bonds. The standard InChI is InChI=1S/C19H23NO/c1-14(18-8-3-4-9-19(18)21-2)20-13-15-10-11-16-6-5-7-17(16)12-15/h3-4,8-12,14,20H,5-7,13H2,1-2H3/t14-/m0/s1. The minimum Gasteiger partial charge on any atom is -0.496 e. The summed E-state index contributed by atoms with van der Waals surface area (Å²) < 4.78 is 5.44. The first kappa shape index (κ1) is 14.2. The summed E-state index contributed by atoms with van der Waals surface area (Å²) in [5.41, 5.74) is 5.66. The van der Waals surface area contributed by atoms with Crippen LogP contribution in [0.4, 0.5) is 0 Å². The largest absolute Gasteiger partial charge is 0.496 e. The fourth-order valence-electron chi connectivity index (χ4n) is 3.14. The summed E-state index contributed by atoms with van der Waals surface area (Å²) >= 11 is 0. The number of hydrogen-bond acceptors (Lipinski definition) is 2. The van der Waals surface area contributed by atoms with E-state index in [-0.39, 0.29) is 6.04 Å². The normalized spacial score (nSPS) is 14.8. The van der Waals surface area contributed by atoms with Crippen LogP contribution in [0.2, 0.25) is 0 Å². The zero-order valence-electron chi connectivity index (χ0n) is 12.9. The molecule has 1 N–H and O–H groups in total. The number of benzene rings is 2. The molecular formula is C19H23NO. The smallest absolute Gasteiger partial charge is 0.123 e. The van der Waals surface area contributed by atoms with Gasteiger partial charge in [0.1, 0.15) is 5.75 Å². The lowest BCUT2D eigenvalue weighted by atomic mass is 10.0. The van der Waals surface area contributed by atoms with Crippen LogP contribution in [-0.2, 0) is 19.4 Å². The van der Waals surface area contributed by atoms with Crippen molar-refractivity contribution < 1.29 is 4.74 Å². The molecule has 1 aliphatic carbocycles. The van der Waals surface area contributed by atoms with E-state index in [0.717, 1.165) is 12.3 Å². The molecule has 0 unspecified atom stereocenters. The molecule has 1 aliphatic rings. The molecule has 0 saturated carbocycles. The highest BCUT2D eigenvalue weighted by atomic mass is 16.5. The molecular weight excluding hydrogens is 258 g/mol. The topological polar surface area (TPSA) is 21.3 Å². The van der Waals surface area contributed by atoms with Crippen molar-refractivity contribution in [2.45, 2.75) is 38.8 Å². The van der Waals surface area contributed by atoms with Gasteiger partial charge in [-0.3, -0.25) is 0 Å². The van der Waals surface area contributed by atoms with E-state index in [4.69, 9.17) is 4.74 Å². The molecule has 0 bridgehead atoms. The van der Waals surface area contributed by atoms with Crippen LogP contribution >= 0.6 is 0 Å². The van der Waals surface area contributed by atoms with Gasteiger partial charge in [-0.15, -0.1) is 0 Å². The Kier molecular flexibility index (Phi) is 4.26. The van der Waals surface area contributed by atoms with Gasteiger partial charge in [-0.1, -0.05) is 36.4 Å². The summed E-state index contributed by atoms with van der Waals surface area (Å²) in [6.45, 7) is 3.08.